The number of anilines is 1. The standard InChI is InChI=1S/C21H16F2N4OS/c1-14-17(12-25-27(14)20-6-2-3-9-24-20)21(28)26(13-16-5-4-10-29-16)19-8-7-15(22)11-18(19)23/h2-12H,13H2,1H3. The van der Waals surface area contributed by atoms with Gasteiger partial charge in [-0.15, -0.1) is 11.3 Å². The monoisotopic (exact) mass is 410 g/mol. The number of thiophene rings is 1. The van der Waals surface area contributed by atoms with Gasteiger partial charge in [0, 0.05) is 17.1 Å². The second-order valence-electron chi connectivity index (χ2n) is 6.31. The number of halogens is 2. The first-order valence-corrected chi connectivity index (χ1v) is 9.68. The van der Waals surface area contributed by atoms with E-state index < -0.39 is 17.5 Å². The summed E-state index contributed by atoms with van der Waals surface area (Å²) in [6.07, 6.45) is 3.07. The third-order valence-electron chi connectivity index (χ3n) is 4.45. The van der Waals surface area contributed by atoms with Crippen LogP contribution in [-0.2, 0) is 6.54 Å². The maximum atomic E-state index is 14.5. The molecule has 0 saturated carbocycles. The van der Waals surface area contributed by atoms with Crippen LogP contribution >= 0.6 is 11.3 Å². The summed E-state index contributed by atoms with van der Waals surface area (Å²) in [6, 6.07) is 12.3. The lowest BCUT2D eigenvalue weighted by atomic mass is 10.2. The minimum atomic E-state index is -0.801. The molecule has 0 aliphatic heterocycles. The molecule has 1 amide bonds. The number of nitrogens with zero attached hydrogens (tertiary/aromatic N) is 4. The van der Waals surface area contributed by atoms with E-state index in [1.165, 1.54) is 28.5 Å². The Labute approximate surface area is 169 Å². The molecule has 0 fully saturated rings. The summed E-state index contributed by atoms with van der Waals surface area (Å²) >= 11 is 1.45. The first-order valence-electron chi connectivity index (χ1n) is 8.80. The van der Waals surface area contributed by atoms with E-state index in [1.807, 2.05) is 23.6 Å². The topological polar surface area (TPSA) is 51.0 Å². The Morgan fingerprint density at radius 1 is 1.17 bits per heavy atom. The summed E-state index contributed by atoms with van der Waals surface area (Å²) in [5, 5.41) is 6.15. The van der Waals surface area contributed by atoms with E-state index >= 15 is 0 Å². The van der Waals surface area contributed by atoms with Crippen molar-refractivity contribution >= 4 is 22.9 Å². The van der Waals surface area contributed by atoms with Crippen LogP contribution in [0.3, 0.4) is 0 Å². The van der Waals surface area contributed by atoms with Gasteiger partial charge in [0.1, 0.15) is 11.6 Å². The highest BCUT2D eigenvalue weighted by Gasteiger charge is 2.25. The highest BCUT2D eigenvalue weighted by atomic mass is 32.1. The molecule has 0 N–H and O–H groups in total. The van der Waals surface area contributed by atoms with Crippen LogP contribution in [0.15, 0.2) is 66.3 Å². The Kier molecular flexibility index (Phi) is 5.18. The molecule has 29 heavy (non-hydrogen) atoms. The van der Waals surface area contributed by atoms with Crippen molar-refractivity contribution in [2.45, 2.75) is 13.5 Å². The van der Waals surface area contributed by atoms with E-state index in [4.69, 9.17) is 0 Å². The predicted molar refractivity (Wildman–Crippen MR) is 107 cm³/mol. The van der Waals surface area contributed by atoms with Gasteiger partial charge in [-0.25, -0.2) is 18.4 Å². The van der Waals surface area contributed by atoms with Crippen LogP contribution in [0.5, 0.6) is 0 Å². The van der Waals surface area contributed by atoms with Gasteiger partial charge in [0.05, 0.1) is 29.7 Å². The van der Waals surface area contributed by atoms with E-state index in [-0.39, 0.29) is 12.2 Å². The van der Waals surface area contributed by atoms with Crippen LogP contribution < -0.4 is 4.90 Å². The largest absolute Gasteiger partial charge is 0.300 e. The highest BCUT2D eigenvalue weighted by Crippen LogP contribution is 2.26. The molecule has 1 aromatic carbocycles. The van der Waals surface area contributed by atoms with Crippen molar-refractivity contribution < 1.29 is 13.6 Å². The van der Waals surface area contributed by atoms with Gasteiger partial charge in [-0.1, -0.05) is 12.1 Å². The number of rotatable bonds is 5. The summed E-state index contributed by atoms with van der Waals surface area (Å²) in [5.41, 5.74) is 0.901. The third kappa shape index (κ3) is 3.79. The van der Waals surface area contributed by atoms with Gasteiger partial charge in [-0.05, 0) is 42.6 Å². The van der Waals surface area contributed by atoms with Crippen LogP contribution in [0.2, 0.25) is 0 Å². The zero-order valence-corrected chi connectivity index (χ0v) is 16.2. The zero-order valence-electron chi connectivity index (χ0n) is 15.4. The van der Waals surface area contributed by atoms with Gasteiger partial charge in [-0.3, -0.25) is 4.79 Å². The molecule has 146 valence electrons. The average molecular weight is 410 g/mol. The number of benzene rings is 1. The van der Waals surface area contributed by atoms with Crippen LogP contribution in [0, 0.1) is 18.6 Å². The molecule has 4 rings (SSSR count). The van der Waals surface area contributed by atoms with Crippen molar-refractivity contribution in [2.24, 2.45) is 0 Å². The van der Waals surface area contributed by atoms with Crippen LogP contribution in [-0.4, -0.2) is 20.7 Å². The molecule has 3 heterocycles. The second-order valence-corrected chi connectivity index (χ2v) is 7.34. The van der Waals surface area contributed by atoms with Crippen molar-refractivity contribution in [1.29, 1.82) is 0 Å². The maximum Gasteiger partial charge on any atom is 0.262 e. The summed E-state index contributed by atoms with van der Waals surface area (Å²) in [7, 11) is 0. The fourth-order valence-corrected chi connectivity index (χ4v) is 3.69. The van der Waals surface area contributed by atoms with Crippen LogP contribution in [0.25, 0.3) is 5.82 Å². The molecule has 0 bridgehead atoms. The predicted octanol–water partition coefficient (Wildman–Crippen LogP) is 4.76. The molecule has 5 nitrogen and oxygen atoms in total. The van der Waals surface area contributed by atoms with Gasteiger partial charge in [0.15, 0.2) is 5.82 Å². The number of aromatic nitrogens is 3. The number of carbonyl (C=O) groups excluding carboxylic acids is 1. The summed E-state index contributed by atoms with van der Waals surface area (Å²) in [6.45, 7) is 1.91. The molecule has 4 aromatic rings. The van der Waals surface area contributed by atoms with E-state index in [9.17, 15) is 13.6 Å². The first-order chi connectivity index (χ1) is 14.0. The maximum absolute atomic E-state index is 14.5. The smallest absolute Gasteiger partial charge is 0.262 e. The fraction of sp³-hybridized carbons (Fsp3) is 0.0952. The molecule has 0 atom stereocenters. The molecule has 3 aromatic heterocycles. The highest BCUT2D eigenvalue weighted by molar-refractivity contribution is 7.09. The van der Waals surface area contributed by atoms with E-state index in [0.717, 1.165) is 17.0 Å². The Balaban J connectivity index is 1.75. The lowest BCUT2D eigenvalue weighted by Crippen LogP contribution is -2.31. The minimum absolute atomic E-state index is 0.00906. The Morgan fingerprint density at radius 3 is 2.72 bits per heavy atom. The second kappa shape index (κ2) is 7.92. The SMILES string of the molecule is Cc1c(C(=O)N(Cc2cccs2)c2ccc(F)cc2F)cnn1-c1ccccn1. The number of carbonyl (C=O) groups is 1. The molecular weight excluding hydrogens is 394 g/mol. The van der Waals surface area contributed by atoms with Gasteiger partial charge >= 0.3 is 0 Å². The molecule has 0 radical (unpaired) electrons. The lowest BCUT2D eigenvalue weighted by Gasteiger charge is -2.23. The van der Waals surface area contributed by atoms with E-state index in [2.05, 4.69) is 10.1 Å². The Morgan fingerprint density at radius 2 is 2.03 bits per heavy atom. The van der Waals surface area contributed by atoms with Gasteiger partial charge < -0.3 is 4.90 Å². The fourth-order valence-electron chi connectivity index (χ4n) is 3.00. The van der Waals surface area contributed by atoms with E-state index in [1.54, 1.807) is 29.9 Å². The van der Waals surface area contributed by atoms with Crippen molar-refractivity contribution in [3.05, 3.63) is 94.1 Å². The van der Waals surface area contributed by atoms with Gasteiger partial charge in [0.25, 0.3) is 5.91 Å². The molecular formula is C21H16F2N4OS. The summed E-state index contributed by atoms with van der Waals surface area (Å²) in [5.74, 6) is -1.36. The minimum Gasteiger partial charge on any atom is -0.300 e. The number of amides is 1. The summed E-state index contributed by atoms with van der Waals surface area (Å²) < 4.78 is 29.5. The van der Waals surface area contributed by atoms with Crippen molar-refractivity contribution in [2.75, 3.05) is 4.90 Å². The lowest BCUT2D eigenvalue weighted by molar-refractivity contribution is 0.0984. The summed E-state index contributed by atoms with van der Waals surface area (Å²) in [4.78, 5) is 19.8. The molecule has 0 spiro atoms. The van der Waals surface area contributed by atoms with Crippen molar-refractivity contribution in [1.82, 2.24) is 14.8 Å². The number of pyridine rings is 1. The van der Waals surface area contributed by atoms with Gasteiger partial charge in [0.2, 0.25) is 0 Å². The van der Waals surface area contributed by atoms with Crippen LogP contribution in [0.1, 0.15) is 20.9 Å². The van der Waals surface area contributed by atoms with E-state index in [0.29, 0.717) is 17.1 Å². The third-order valence-corrected chi connectivity index (χ3v) is 5.31. The first kappa shape index (κ1) is 18.9. The normalized spacial score (nSPS) is 10.9. The van der Waals surface area contributed by atoms with Crippen LogP contribution in [0.4, 0.5) is 14.5 Å². The Hall–Kier alpha value is -3.39. The molecule has 0 aliphatic rings. The zero-order chi connectivity index (χ0) is 20.4. The number of hydrogen-bond acceptors (Lipinski definition) is 4. The number of hydrogen-bond donors (Lipinski definition) is 0. The average Bonchev–Trinajstić information content (AvgIpc) is 3.36. The molecule has 8 heteroatoms. The van der Waals surface area contributed by atoms with Gasteiger partial charge in [-0.2, -0.15) is 5.10 Å². The molecule has 0 unspecified atom stereocenters. The Bertz CT molecular complexity index is 1140. The molecule has 0 aliphatic carbocycles. The molecule has 0 saturated heterocycles. The van der Waals surface area contributed by atoms with Crippen molar-refractivity contribution in [3.8, 4) is 5.82 Å². The quantitative estimate of drug-likeness (QED) is 0.477. The van der Waals surface area contributed by atoms with Crippen molar-refractivity contribution in [3.63, 3.8) is 0 Å².